The van der Waals surface area contributed by atoms with E-state index in [1.165, 1.54) is 32.1 Å². The Morgan fingerprint density at radius 1 is 1.25 bits per heavy atom. The smallest absolute Gasteiger partial charge is 0.307 e. The highest BCUT2D eigenvalue weighted by atomic mass is 16.4. The second-order valence-corrected chi connectivity index (χ2v) is 7.49. The van der Waals surface area contributed by atoms with Crippen LogP contribution in [0.1, 0.15) is 44.1 Å². The first-order valence-corrected chi connectivity index (χ1v) is 9.48. The summed E-state index contributed by atoms with van der Waals surface area (Å²) in [5.74, 6) is 0.0953. The third-order valence-corrected chi connectivity index (χ3v) is 5.69. The van der Waals surface area contributed by atoms with E-state index in [2.05, 4.69) is 28.8 Å². The molecule has 1 aromatic rings. The van der Waals surface area contributed by atoms with Gasteiger partial charge in [0.15, 0.2) is 0 Å². The Kier molecular flexibility index (Phi) is 6.13. The molecular weight excluding hydrogens is 300 g/mol. The first-order valence-electron chi connectivity index (χ1n) is 9.48. The highest BCUT2D eigenvalue weighted by molar-refractivity contribution is 5.71. The van der Waals surface area contributed by atoms with E-state index in [0.717, 1.165) is 43.2 Å². The van der Waals surface area contributed by atoms with Gasteiger partial charge in [0, 0.05) is 12.2 Å². The van der Waals surface area contributed by atoms with E-state index in [0.29, 0.717) is 6.42 Å². The van der Waals surface area contributed by atoms with Crippen LogP contribution in [0.3, 0.4) is 0 Å². The molecule has 3 N–H and O–H groups in total. The van der Waals surface area contributed by atoms with Gasteiger partial charge in [0.05, 0.1) is 5.92 Å². The SMILES string of the molecule is O=C(O)[C@@H](Cc1cccc(NCC2CCCCC2)c1)[C@H]1CCNC1. The van der Waals surface area contributed by atoms with Crippen LogP contribution in [-0.4, -0.2) is 30.7 Å². The summed E-state index contributed by atoms with van der Waals surface area (Å²) in [7, 11) is 0. The molecule has 4 heteroatoms. The summed E-state index contributed by atoms with van der Waals surface area (Å²) in [6.45, 7) is 2.81. The third-order valence-electron chi connectivity index (χ3n) is 5.69. The summed E-state index contributed by atoms with van der Waals surface area (Å²) in [5, 5.41) is 16.4. The number of hydrogen-bond donors (Lipinski definition) is 3. The van der Waals surface area contributed by atoms with Crippen molar-refractivity contribution in [2.45, 2.75) is 44.9 Å². The number of anilines is 1. The molecule has 3 rings (SSSR count). The van der Waals surface area contributed by atoms with Gasteiger partial charge in [0.2, 0.25) is 0 Å². The molecule has 2 fully saturated rings. The molecule has 1 aromatic carbocycles. The largest absolute Gasteiger partial charge is 0.481 e. The van der Waals surface area contributed by atoms with Gasteiger partial charge in [-0.25, -0.2) is 0 Å². The van der Waals surface area contributed by atoms with Gasteiger partial charge in [-0.15, -0.1) is 0 Å². The quantitative estimate of drug-likeness (QED) is 0.716. The van der Waals surface area contributed by atoms with Crippen molar-refractivity contribution in [1.29, 1.82) is 0 Å². The summed E-state index contributed by atoms with van der Waals surface area (Å²) in [5.41, 5.74) is 2.26. The van der Waals surface area contributed by atoms with E-state index in [1.807, 2.05) is 6.07 Å². The Balaban J connectivity index is 1.58. The molecule has 0 bridgehead atoms. The number of hydrogen-bond acceptors (Lipinski definition) is 3. The molecule has 0 aromatic heterocycles. The predicted octanol–water partition coefficient (Wildman–Crippen LogP) is 3.53. The van der Waals surface area contributed by atoms with Crippen LogP contribution < -0.4 is 10.6 Å². The Hall–Kier alpha value is -1.55. The van der Waals surface area contributed by atoms with Crippen molar-refractivity contribution in [1.82, 2.24) is 5.32 Å². The molecule has 1 aliphatic carbocycles. The molecule has 0 radical (unpaired) electrons. The van der Waals surface area contributed by atoms with Crippen LogP contribution in [0.15, 0.2) is 24.3 Å². The Morgan fingerprint density at radius 2 is 2.08 bits per heavy atom. The maximum Gasteiger partial charge on any atom is 0.307 e. The van der Waals surface area contributed by atoms with Crippen molar-refractivity contribution in [3.8, 4) is 0 Å². The molecule has 1 saturated carbocycles. The van der Waals surface area contributed by atoms with E-state index >= 15 is 0 Å². The molecule has 2 atom stereocenters. The second kappa shape index (κ2) is 8.52. The molecule has 132 valence electrons. The normalized spacial score (nSPS) is 23.1. The maximum absolute atomic E-state index is 11.7. The molecule has 4 nitrogen and oxygen atoms in total. The summed E-state index contributed by atoms with van der Waals surface area (Å²) >= 11 is 0. The molecule has 1 aliphatic heterocycles. The van der Waals surface area contributed by atoms with Crippen molar-refractivity contribution in [2.75, 3.05) is 25.0 Å². The number of nitrogens with one attached hydrogen (secondary N) is 2. The van der Waals surface area contributed by atoms with Crippen molar-refractivity contribution >= 4 is 11.7 Å². The van der Waals surface area contributed by atoms with Crippen LogP contribution in [0.2, 0.25) is 0 Å². The highest BCUT2D eigenvalue weighted by Crippen LogP contribution is 2.26. The lowest BCUT2D eigenvalue weighted by molar-refractivity contribution is -0.143. The van der Waals surface area contributed by atoms with Gasteiger partial charge in [-0.2, -0.15) is 0 Å². The van der Waals surface area contributed by atoms with Crippen LogP contribution in [-0.2, 0) is 11.2 Å². The fourth-order valence-electron chi connectivity index (χ4n) is 4.19. The van der Waals surface area contributed by atoms with Crippen molar-refractivity contribution in [2.24, 2.45) is 17.8 Å². The van der Waals surface area contributed by atoms with Gasteiger partial charge >= 0.3 is 5.97 Å². The van der Waals surface area contributed by atoms with Crippen molar-refractivity contribution < 1.29 is 9.90 Å². The van der Waals surface area contributed by atoms with E-state index < -0.39 is 5.97 Å². The topological polar surface area (TPSA) is 61.4 Å². The van der Waals surface area contributed by atoms with Gasteiger partial charge < -0.3 is 15.7 Å². The van der Waals surface area contributed by atoms with Crippen LogP contribution in [0, 0.1) is 17.8 Å². The first-order chi connectivity index (χ1) is 11.7. The lowest BCUT2D eigenvalue weighted by Gasteiger charge is -2.23. The van der Waals surface area contributed by atoms with Gasteiger partial charge in [0.1, 0.15) is 0 Å². The summed E-state index contributed by atoms with van der Waals surface area (Å²) in [4.78, 5) is 11.7. The van der Waals surface area contributed by atoms with E-state index in [4.69, 9.17) is 0 Å². The predicted molar refractivity (Wildman–Crippen MR) is 97.3 cm³/mol. The number of rotatable bonds is 7. The Morgan fingerprint density at radius 3 is 2.79 bits per heavy atom. The minimum atomic E-state index is -0.663. The average Bonchev–Trinajstić information content (AvgIpc) is 3.13. The van der Waals surface area contributed by atoms with Crippen molar-refractivity contribution in [3.63, 3.8) is 0 Å². The fourth-order valence-corrected chi connectivity index (χ4v) is 4.19. The lowest BCUT2D eigenvalue weighted by Crippen LogP contribution is -2.27. The monoisotopic (exact) mass is 330 g/mol. The molecule has 1 heterocycles. The van der Waals surface area contributed by atoms with E-state index in [-0.39, 0.29) is 11.8 Å². The minimum Gasteiger partial charge on any atom is -0.481 e. The zero-order valence-electron chi connectivity index (χ0n) is 14.5. The lowest BCUT2D eigenvalue weighted by atomic mass is 9.86. The van der Waals surface area contributed by atoms with E-state index in [1.54, 1.807) is 0 Å². The number of benzene rings is 1. The number of carbonyl (C=O) groups is 1. The van der Waals surface area contributed by atoms with Crippen LogP contribution >= 0.6 is 0 Å². The molecular formula is C20H30N2O2. The zero-order valence-corrected chi connectivity index (χ0v) is 14.5. The fraction of sp³-hybridized carbons (Fsp3) is 0.650. The summed E-state index contributed by atoms with van der Waals surface area (Å²) < 4.78 is 0. The average molecular weight is 330 g/mol. The van der Waals surface area contributed by atoms with Crippen LogP contribution in [0.5, 0.6) is 0 Å². The number of aliphatic carboxylic acids is 1. The molecule has 2 aliphatic rings. The van der Waals surface area contributed by atoms with Crippen LogP contribution in [0.4, 0.5) is 5.69 Å². The molecule has 1 saturated heterocycles. The summed E-state index contributed by atoms with van der Waals surface area (Å²) in [6.07, 6.45) is 8.38. The summed E-state index contributed by atoms with van der Waals surface area (Å²) in [6, 6.07) is 8.34. The van der Waals surface area contributed by atoms with Gasteiger partial charge in [-0.3, -0.25) is 4.79 Å². The maximum atomic E-state index is 11.7. The number of carboxylic acids is 1. The Labute approximate surface area is 145 Å². The number of carboxylic acid groups (broad SMARTS) is 1. The third kappa shape index (κ3) is 4.73. The molecule has 0 amide bonds. The first kappa shape index (κ1) is 17.3. The van der Waals surface area contributed by atoms with E-state index in [9.17, 15) is 9.90 Å². The van der Waals surface area contributed by atoms with Gasteiger partial charge in [-0.05, 0) is 68.3 Å². The molecule has 0 unspecified atom stereocenters. The van der Waals surface area contributed by atoms with Gasteiger partial charge in [0.25, 0.3) is 0 Å². The molecule has 24 heavy (non-hydrogen) atoms. The standard InChI is InChI=1S/C20H30N2O2/c23-20(24)19(17-9-10-21-14-17)12-16-7-4-8-18(11-16)22-13-15-5-2-1-3-6-15/h4,7-8,11,15,17,19,21-22H,1-3,5-6,9-10,12-14H2,(H,23,24)/t17-,19-/m0/s1. The highest BCUT2D eigenvalue weighted by Gasteiger charge is 2.30. The van der Waals surface area contributed by atoms with Crippen molar-refractivity contribution in [3.05, 3.63) is 29.8 Å². The molecule has 0 spiro atoms. The Bertz CT molecular complexity index is 534. The van der Waals surface area contributed by atoms with Crippen LogP contribution in [0.25, 0.3) is 0 Å². The van der Waals surface area contributed by atoms with Gasteiger partial charge in [-0.1, -0.05) is 31.4 Å². The second-order valence-electron chi connectivity index (χ2n) is 7.49. The minimum absolute atomic E-state index is 0.251. The zero-order chi connectivity index (χ0) is 16.8.